The summed E-state index contributed by atoms with van der Waals surface area (Å²) in [4.78, 5) is 9.15. The lowest BCUT2D eigenvalue weighted by atomic mass is 10.4. The summed E-state index contributed by atoms with van der Waals surface area (Å²) in [7, 11) is -2.27. The number of sulfonamides is 1. The van der Waals surface area contributed by atoms with Gasteiger partial charge in [-0.3, -0.25) is 4.84 Å². The van der Waals surface area contributed by atoms with Crippen LogP contribution in [0.4, 0.5) is 13.2 Å². The van der Waals surface area contributed by atoms with Crippen LogP contribution in [0.2, 0.25) is 0 Å². The van der Waals surface area contributed by atoms with E-state index in [1.54, 1.807) is 6.07 Å². The number of nitrogens with zero attached hydrogens (tertiary/aromatic N) is 3. The van der Waals surface area contributed by atoms with E-state index in [0.29, 0.717) is 22.6 Å². The monoisotopic (exact) mass is 383 g/mol. The highest BCUT2D eigenvalue weighted by Gasteiger charge is 2.41. The van der Waals surface area contributed by atoms with Crippen LogP contribution in [0.25, 0.3) is 10.7 Å². The average Bonchev–Trinajstić information content (AvgIpc) is 3.07. The summed E-state index contributed by atoms with van der Waals surface area (Å²) < 4.78 is 66.8. The number of alkyl halides is 3. The molecule has 7 nitrogen and oxygen atoms in total. The maximum atomic E-state index is 12.5. The third-order valence-electron chi connectivity index (χ3n) is 3.27. The first-order chi connectivity index (χ1) is 11.2. The van der Waals surface area contributed by atoms with E-state index < -0.39 is 27.3 Å². The van der Waals surface area contributed by atoms with Crippen molar-refractivity contribution in [3.8, 4) is 10.7 Å². The number of thiophene rings is 1. The lowest BCUT2D eigenvalue weighted by Crippen LogP contribution is -2.32. The largest absolute Gasteiger partial charge is 0.471 e. The lowest BCUT2D eigenvalue weighted by molar-refractivity contribution is -0.159. The molecule has 1 aliphatic rings. The second kappa shape index (κ2) is 6.10. The number of aromatic nitrogens is 2. The van der Waals surface area contributed by atoms with Crippen LogP contribution in [-0.4, -0.2) is 35.4 Å². The van der Waals surface area contributed by atoms with Gasteiger partial charge in [0.25, 0.3) is 0 Å². The van der Waals surface area contributed by atoms with Crippen molar-refractivity contribution in [2.75, 3.05) is 7.11 Å². The molecule has 3 rings (SSSR count). The average molecular weight is 383 g/mol. The van der Waals surface area contributed by atoms with E-state index in [-0.39, 0.29) is 12.4 Å². The Morgan fingerprint density at radius 2 is 2.12 bits per heavy atom. The molecule has 2 aromatic heterocycles. The topological polar surface area (TPSA) is 85.5 Å². The Hall–Kier alpha value is -1.50. The molecule has 0 radical (unpaired) electrons. The molecule has 1 saturated carbocycles. The van der Waals surface area contributed by atoms with Gasteiger partial charge >= 0.3 is 12.1 Å². The Kier molecular flexibility index (Phi) is 4.40. The van der Waals surface area contributed by atoms with Crippen molar-refractivity contribution in [3.05, 3.63) is 22.9 Å². The van der Waals surface area contributed by atoms with Gasteiger partial charge < -0.3 is 4.52 Å². The predicted molar refractivity (Wildman–Crippen MR) is 77.1 cm³/mol. The molecule has 0 aromatic carbocycles. The third kappa shape index (κ3) is 3.45. The molecule has 1 aliphatic carbocycles. The van der Waals surface area contributed by atoms with Crippen molar-refractivity contribution in [1.82, 2.24) is 14.6 Å². The summed E-state index contributed by atoms with van der Waals surface area (Å²) in [5, 5.41) is 2.87. The molecule has 0 unspecified atom stereocenters. The van der Waals surface area contributed by atoms with Crippen LogP contribution in [0.15, 0.2) is 16.7 Å². The molecule has 0 aliphatic heterocycles. The zero-order chi connectivity index (χ0) is 17.5. The van der Waals surface area contributed by atoms with Crippen LogP contribution in [0.1, 0.15) is 23.6 Å². The van der Waals surface area contributed by atoms with E-state index in [1.807, 2.05) is 0 Å². The second-order valence-electron chi connectivity index (χ2n) is 5.07. The smallest absolute Gasteiger partial charge is 0.329 e. The van der Waals surface area contributed by atoms with Crippen LogP contribution in [0.3, 0.4) is 0 Å². The first-order valence-corrected chi connectivity index (χ1v) is 9.09. The lowest BCUT2D eigenvalue weighted by Gasteiger charge is -2.18. The van der Waals surface area contributed by atoms with Crippen LogP contribution in [0.5, 0.6) is 0 Å². The van der Waals surface area contributed by atoms with Gasteiger partial charge in [-0.15, -0.1) is 11.3 Å². The quantitative estimate of drug-likeness (QED) is 0.713. The molecule has 2 aromatic rings. The molecule has 2 heterocycles. The van der Waals surface area contributed by atoms with Crippen LogP contribution < -0.4 is 0 Å². The highest BCUT2D eigenvalue weighted by molar-refractivity contribution is 7.89. The SMILES string of the molecule is CON(Cc1ccc(-c2noc(C(F)(F)F)n2)s1)S(=O)(=O)C1CC1. The first kappa shape index (κ1) is 17.3. The summed E-state index contributed by atoms with van der Waals surface area (Å²) in [6.45, 7) is -0.0377. The van der Waals surface area contributed by atoms with Crippen LogP contribution in [-0.2, 0) is 27.6 Å². The van der Waals surface area contributed by atoms with Crippen molar-refractivity contribution < 1.29 is 30.9 Å². The third-order valence-corrected chi connectivity index (χ3v) is 6.49. The maximum Gasteiger partial charge on any atom is 0.471 e. The Labute approximate surface area is 139 Å². The number of hydroxylamine groups is 1. The van der Waals surface area contributed by atoms with Crippen molar-refractivity contribution in [3.63, 3.8) is 0 Å². The zero-order valence-corrected chi connectivity index (χ0v) is 13.9. The van der Waals surface area contributed by atoms with Gasteiger partial charge in [0.05, 0.1) is 23.8 Å². The van der Waals surface area contributed by atoms with Crippen LogP contribution >= 0.6 is 11.3 Å². The van der Waals surface area contributed by atoms with Crippen molar-refractivity contribution in [2.24, 2.45) is 0 Å². The minimum Gasteiger partial charge on any atom is -0.329 e. The van der Waals surface area contributed by atoms with E-state index >= 15 is 0 Å². The van der Waals surface area contributed by atoms with E-state index in [9.17, 15) is 21.6 Å². The predicted octanol–water partition coefficient (Wildman–Crippen LogP) is 2.67. The molecule has 0 bridgehead atoms. The van der Waals surface area contributed by atoms with Gasteiger partial charge in [-0.1, -0.05) is 9.63 Å². The molecule has 0 saturated heterocycles. The normalized spacial score (nSPS) is 16.0. The van der Waals surface area contributed by atoms with Gasteiger partial charge in [0.2, 0.25) is 15.8 Å². The van der Waals surface area contributed by atoms with Gasteiger partial charge in [0.1, 0.15) is 0 Å². The van der Waals surface area contributed by atoms with Gasteiger partial charge in [0.15, 0.2) is 0 Å². The van der Waals surface area contributed by atoms with E-state index in [1.165, 1.54) is 13.2 Å². The fraction of sp³-hybridized carbons (Fsp3) is 0.500. The Bertz CT molecular complexity index is 827. The number of halogens is 3. The standard InChI is InChI=1S/C12H12F3N3O4S2/c1-21-18(24(19,20)8-3-4-8)6-7-2-5-9(23-7)10-16-11(22-17-10)12(13,14)15/h2,5,8H,3-4,6H2,1H3. The summed E-state index contributed by atoms with van der Waals surface area (Å²) in [5.41, 5.74) is 0. The van der Waals surface area contributed by atoms with E-state index in [2.05, 4.69) is 14.7 Å². The van der Waals surface area contributed by atoms with E-state index in [4.69, 9.17) is 4.84 Å². The molecule has 12 heteroatoms. The number of hydrogen-bond acceptors (Lipinski definition) is 7. The highest BCUT2D eigenvalue weighted by atomic mass is 32.2. The molecular weight excluding hydrogens is 371 g/mol. The fourth-order valence-corrected chi connectivity index (χ4v) is 4.52. The first-order valence-electron chi connectivity index (χ1n) is 6.77. The molecule has 1 fully saturated rings. The Morgan fingerprint density at radius 3 is 2.67 bits per heavy atom. The van der Waals surface area contributed by atoms with Crippen molar-refractivity contribution in [2.45, 2.75) is 30.8 Å². The van der Waals surface area contributed by atoms with Gasteiger partial charge in [-0.05, 0) is 25.0 Å². The zero-order valence-electron chi connectivity index (χ0n) is 12.3. The van der Waals surface area contributed by atoms with Gasteiger partial charge in [-0.25, -0.2) is 8.42 Å². The molecule has 24 heavy (non-hydrogen) atoms. The van der Waals surface area contributed by atoms with Crippen molar-refractivity contribution >= 4 is 21.4 Å². The summed E-state index contributed by atoms with van der Waals surface area (Å²) in [6.07, 6.45) is -3.52. The van der Waals surface area contributed by atoms with Crippen molar-refractivity contribution in [1.29, 1.82) is 0 Å². The second-order valence-corrected chi connectivity index (χ2v) is 8.35. The summed E-state index contributed by atoms with van der Waals surface area (Å²) >= 11 is 1.06. The molecular formula is C12H12F3N3O4S2. The molecule has 0 spiro atoms. The molecule has 0 atom stereocenters. The molecule has 132 valence electrons. The highest BCUT2D eigenvalue weighted by Crippen LogP contribution is 2.34. The molecule has 0 N–H and O–H groups in total. The number of rotatable bonds is 6. The molecule has 0 amide bonds. The van der Waals surface area contributed by atoms with E-state index in [0.717, 1.165) is 15.8 Å². The fourth-order valence-electron chi connectivity index (χ4n) is 1.94. The van der Waals surface area contributed by atoms with Gasteiger partial charge in [-0.2, -0.15) is 18.2 Å². The van der Waals surface area contributed by atoms with Crippen LogP contribution in [0, 0.1) is 0 Å². The summed E-state index contributed by atoms with van der Waals surface area (Å²) in [5.74, 6) is -1.63. The van der Waals surface area contributed by atoms with Gasteiger partial charge in [0, 0.05) is 4.88 Å². The minimum atomic E-state index is -4.71. The Balaban J connectivity index is 1.77. The number of hydrogen-bond donors (Lipinski definition) is 0. The Morgan fingerprint density at radius 1 is 1.42 bits per heavy atom. The minimum absolute atomic E-state index is 0.0377. The maximum absolute atomic E-state index is 12.5. The summed E-state index contributed by atoms with van der Waals surface area (Å²) in [6, 6.07) is 3.08.